The van der Waals surface area contributed by atoms with Gasteiger partial charge in [-0.3, -0.25) is 4.79 Å². The number of amides is 1. The van der Waals surface area contributed by atoms with Gasteiger partial charge in [-0.25, -0.2) is 0 Å². The maximum Gasteiger partial charge on any atom is 0.220 e. The number of hydrogen-bond donors (Lipinski definition) is 1. The minimum absolute atomic E-state index is 0.0833. The Morgan fingerprint density at radius 1 is 1.54 bits per heavy atom. The van der Waals surface area contributed by atoms with E-state index in [1.54, 1.807) is 7.05 Å². The maximum atomic E-state index is 10.9. The van der Waals surface area contributed by atoms with Gasteiger partial charge in [0.1, 0.15) is 0 Å². The minimum atomic E-state index is 0.0833. The zero-order valence-corrected chi connectivity index (χ0v) is 9.10. The van der Waals surface area contributed by atoms with Crippen LogP contribution in [0.1, 0.15) is 12.0 Å². The zero-order valence-electron chi connectivity index (χ0n) is 7.51. The van der Waals surface area contributed by atoms with Gasteiger partial charge >= 0.3 is 0 Å². The van der Waals surface area contributed by atoms with Crippen molar-refractivity contribution in [1.29, 1.82) is 0 Å². The Hall–Kier alpha value is -0.830. The van der Waals surface area contributed by atoms with Gasteiger partial charge in [-0.15, -0.1) is 0 Å². The second-order valence-electron chi connectivity index (χ2n) is 2.80. The highest BCUT2D eigenvalue weighted by atomic mass is 79.9. The van der Waals surface area contributed by atoms with Gasteiger partial charge in [0.05, 0.1) is 0 Å². The summed E-state index contributed by atoms with van der Waals surface area (Å²) in [5.74, 6) is 0.0833. The van der Waals surface area contributed by atoms with Crippen LogP contribution < -0.4 is 5.32 Å². The highest BCUT2D eigenvalue weighted by Gasteiger charge is 1.99. The van der Waals surface area contributed by atoms with Crippen molar-refractivity contribution in [3.63, 3.8) is 0 Å². The second-order valence-corrected chi connectivity index (χ2v) is 3.72. The molecule has 0 bridgehead atoms. The van der Waals surface area contributed by atoms with Crippen LogP contribution in [0.15, 0.2) is 28.7 Å². The van der Waals surface area contributed by atoms with Crippen LogP contribution in [0.5, 0.6) is 0 Å². The highest BCUT2D eigenvalue weighted by molar-refractivity contribution is 9.10. The largest absolute Gasteiger partial charge is 0.359 e. The normalized spacial score (nSPS) is 9.69. The number of nitrogens with one attached hydrogen (secondary N) is 1. The number of halogens is 1. The molecule has 0 saturated carbocycles. The smallest absolute Gasteiger partial charge is 0.220 e. The minimum Gasteiger partial charge on any atom is -0.359 e. The molecule has 3 heteroatoms. The van der Waals surface area contributed by atoms with E-state index >= 15 is 0 Å². The molecule has 0 heterocycles. The van der Waals surface area contributed by atoms with Gasteiger partial charge < -0.3 is 5.32 Å². The third kappa shape index (κ3) is 3.59. The summed E-state index contributed by atoms with van der Waals surface area (Å²) in [6.45, 7) is 0. The van der Waals surface area contributed by atoms with E-state index in [0.29, 0.717) is 6.42 Å². The fourth-order valence-corrected chi connectivity index (χ4v) is 1.52. The first-order chi connectivity index (χ1) is 6.22. The second kappa shape index (κ2) is 5.02. The lowest BCUT2D eigenvalue weighted by molar-refractivity contribution is -0.120. The van der Waals surface area contributed by atoms with E-state index in [-0.39, 0.29) is 5.91 Å². The van der Waals surface area contributed by atoms with E-state index in [0.717, 1.165) is 10.9 Å². The number of rotatable bonds is 3. The molecule has 1 aromatic carbocycles. The molecule has 70 valence electrons. The summed E-state index contributed by atoms with van der Waals surface area (Å²) >= 11 is 3.39. The summed E-state index contributed by atoms with van der Waals surface area (Å²) in [5, 5.41) is 2.60. The lowest BCUT2D eigenvalue weighted by Gasteiger charge is -2.00. The van der Waals surface area contributed by atoms with Crippen LogP contribution in [0.3, 0.4) is 0 Å². The van der Waals surface area contributed by atoms with Crippen LogP contribution in [-0.4, -0.2) is 13.0 Å². The molecule has 0 aromatic heterocycles. The maximum absolute atomic E-state index is 10.9. The van der Waals surface area contributed by atoms with Crippen LogP contribution >= 0.6 is 15.9 Å². The van der Waals surface area contributed by atoms with Crippen molar-refractivity contribution in [3.05, 3.63) is 34.3 Å². The quantitative estimate of drug-likeness (QED) is 0.864. The average molecular weight is 242 g/mol. The van der Waals surface area contributed by atoms with E-state index < -0.39 is 0 Å². The number of carbonyl (C=O) groups excluding carboxylic acids is 1. The molecule has 0 radical (unpaired) electrons. The number of aryl methyl sites for hydroxylation is 1. The summed E-state index contributed by atoms with van der Waals surface area (Å²) in [6, 6.07) is 8.00. The van der Waals surface area contributed by atoms with Crippen LogP contribution in [-0.2, 0) is 11.2 Å². The van der Waals surface area contributed by atoms with Gasteiger partial charge in [0.25, 0.3) is 0 Å². The van der Waals surface area contributed by atoms with Crippen LogP contribution in [0.25, 0.3) is 0 Å². The molecule has 0 fully saturated rings. The zero-order chi connectivity index (χ0) is 9.68. The molecule has 1 amide bonds. The van der Waals surface area contributed by atoms with Crippen molar-refractivity contribution >= 4 is 21.8 Å². The lowest BCUT2D eigenvalue weighted by Crippen LogP contribution is -2.17. The van der Waals surface area contributed by atoms with Crippen molar-refractivity contribution in [2.45, 2.75) is 12.8 Å². The van der Waals surface area contributed by atoms with Gasteiger partial charge in [0.15, 0.2) is 0 Å². The predicted octanol–water partition coefficient (Wildman–Crippen LogP) is 2.13. The SMILES string of the molecule is CNC(=O)CCc1cccc(Br)c1. The number of carbonyl (C=O) groups is 1. The van der Waals surface area contributed by atoms with Crippen molar-refractivity contribution in [1.82, 2.24) is 5.32 Å². The highest BCUT2D eigenvalue weighted by Crippen LogP contribution is 2.12. The Balaban J connectivity index is 2.50. The van der Waals surface area contributed by atoms with Crippen LogP contribution in [0, 0.1) is 0 Å². The van der Waals surface area contributed by atoms with Crippen molar-refractivity contribution in [2.75, 3.05) is 7.05 Å². The fraction of sp³-hybridized carbons (Fsp3) is 0.300. The Bertz CT molecular complexity index is 299. The molecule has 13 heavy (non-hydrogen) atoms. The van der Waals surface area contributed by atoms with Gasteiger partial charge in [-0.05, 0) is 24.1 Å². The van der Waals surface area contributed by atoms with Crippen molar-refractivity contribution in [3.8, 4) is 0 Å². The Morgan fingerprint density at radius 3 is 2.92 bits per heavy atom. The summed E-state index contributed by atoms with van der Waals surface area (Å²) in [7, 11) is 1.66. The molecular formula is C10H12BrNO. The predicted molar refractivity (Wildman–Crippen MR) is 56.5 cm³/mol. The Labute approximate surface area is 86.5 Å². The molecular weight excluding hydrogens is 230 g/mol. The summed E-state index contributed by atoms with van der Waals surface area (Å²) in [4.78, 5) is 10.9. The lowest BCUT2D eigenvalue weighted by atomic mass is 10.1. The molecule has 0 aliphatic heterocycles. The Morgan fingerprint density at radius 2 is 2.31 bits per heavy atom. The summed E-state index contributed by atoms with van der Waals surface area (Å²) < 4.78 is 1.06. The fourth-order valence-electron chi connectivity index (χ4n) is 1.08. The molecule has 0 unspecified atom stereocenters. The molecule has 0 saturated heterocycles. The molecule has 0 aliphatic rings. The molecule has 1 aromatic rings. The molecule has 1 rings (SSSR count). The summed E-state index contributed by atoms with van der Waals surface area (Å²) in [6.07, 6.45) is 1.34. The van der Waals surface area contributed by atoms with Crippen LogP contribution in [0.2, 0.25) is 0 Å². The van der Waals surface area contributed by atoms with Gasteiger partial charge in [0.2, 0.25) is 5.91 Å². The number of benzene rings is 1. The topological polar surface area (TPSA) is 29.1 Å². The number of hydrogen-bond acceptors (Lipinski definition) is 1. The van der Waals surface area contributed by atoms with E-state index in [2.05, 4.69) is 21.2 Å². The van der Waals surface area contributed by atoms with Gasteiger partial charge in [0, 0.05) is 17.9 Å². The first-order valence-electron chi connectivity index (χ1n) is 4.17. The first kappa shape index (κ1) is 10.3. The van der Waals surface area contributed by atoms with E-state index in [9.17, 15) is 4.79 Å². The first-order valence-corrected chi connectivity index (χ1v) is 4.96. The van der Waals surface area contributed by atoms with Crippen molar-refractivity contribution < 1.29 is 4.79 Å². The van der Waals surface area contributed by atoms with Gasteiger partial charge in [-0.1, -0.05) is 28.1 Å². The Kier molecular flexibility index (Phi) is 3.96. The standard InChI is InChI=1S/C10H12BrNO/c1-12-10(13)6-5-8-3-2-4-9(11)7-8/h2-4,7H,5-6H2,1H3,(H,12,13). The van der Waals surface area contributed by atoms with E-state index in [4.69, 9.17) is 0 Å². The summed E-state index contributed by atoms with van der Waals surface area (Å²) in [5.41, 5.74) is 1.18. The molecule has 1 N–H and O–H groups in total. The average Bonchev–Trinajstić information content (AvgIpc) is 2.14. The molecule has 0 atom stereocenters. The molecule has 0 aliphatic carbocycles. The third-order valence-electron chi connectivity index (χ3n) is 1.81. The van der Waals surface area contributed by atoms with Crippen LogP contribution in [0.4, 0.5) is 0 Å². The molecule has 0 spiro atoms. The monoisotopic (exact) mass is 241 g/mol. The third-order valence-corrected chi connectivity index (χ3v) is 2.30. The van der Waals surface area contributed by atoms with Crippen molar-refractivity contribution in [2.24, 2.45) is 0 Å². The van der Waals surface area contributed by atoms with E-state index in [1.165, 1.54) is 5.56 Å². The van der Waals surface area contributed by atoms with Gasteiger partial charge in [-0.2, -0.15) is 0 Å². The molecule has 2 nitrogen and oxygen atoms in total. The van der Waals surface area contributed by atoms with E-state index in [1.807, 2.05) is 24.3 Å².